The molecular formula is C48H40N2. The standard InChI is InChI=1S/C48H40N2/c1-47(2)39-22-11-13-24-43(39)49(45-28-26-35(30-41(45)47)33-16-7-5-8-17-33)37-20-15-21-38(32-37)50-44-25-14-12-23-40(44)48(3,4)42-31-36(27-29-46(42)50)34-18-9-6-10-19-34/h5-32H,1-4H3. The molecule has 242 valence electrons. The number of rotatable bonds is 4. The van der Waals surface area contributed by atoms with Crippen molar-refractivity contribution in [3.63, 3.8) is 0 Å². The van der Waals surface area contributed by atoms with Gasteiger partial charge in [0.25, 0.3) is 0 Å². The van der Waals surface area contributed by atoms with Gasteiger partial charge in [-0.2, -0.15) is 0 Å². The van der Waals surface area contributed by atoms with Gasteiger partial charge >= 0.3 is 0 Å². The first-order valence-electron chi connectivity index (χ1n) is 17.6. The molecule has 0 amide bonds. The van der Waals surface area contributed by atoms with E-state index in [0.29, 0.717) is 0 Å². The summed E-state index contributed by atoms with van der Waals surface area (Å²) in [6, 6.07) is 62.4. The van der Waals surface area contributed by atoms with Crippen LogP contribution in [0.2, 0.25) is 0 Å². The van der Waals surface area contributed by atoms with Crippen molar-refractivity contribution in [2.45, 2.75) is 38.5 Å². The first kappa shape index (κ1) is 30.2. The maximum absolute atomic E-state index is 2.47. The predicted octanol–water partition coefficient (Wildman–Crippen LogP) is 13.2. The molecule has 0 spiro atoms. The van der Waals surface area contributed by atoms with Gasteiger partial charge in [-0.05, 0) is 99.1 Å². The fourth-order valence-corrected chi connectivity index (χ4v) is 8.36. The molecule has 9 rings (SSSR count). The summed E-state index contributed by atoms with van der Waals surface area (Å²) >= 11 is 0. The molecule has 2 aliphatic heterocycles. The maximum Gasteiger partial charge on any atom is 0.0503 e. The Labute approximate surface area is 295 Å². The van der Waals surface area contributed by atoms with Crippen LogP contribution in [0.5, 0.6) is 0 Å². The summed E-state index contributed by atoms with van der Waals surface area (Å²) in [5.41, 5.74) is 17.1. The van der Waals surface area contributed by atoms with Crippen LogP contribution in [0.25, 0.3) is 22.3 Å². The quantitative estimate of drug-likeness (QED) is 0.188. The van der Waals surface area contributed by atoms with Crippen molar-refractivity contribution in [3.05, 3.63) is 192 Å². The number of para-hydroxylation sites is 2. The monoisotopic (exact) mass is 644 g/mol. The number of fused-ring (bicyclic) bond motifs is 4. The zero-order chi connectivity index (χ0) is 34.0. The van der Waals surface area contributed by atoms with Crippen molar-refractivity contribution in [2.75, 3.05) is 9.80 Å². The lowest BCUT2D eigenvalue weighted by molar-refractivity contribution is 0.632. The van der Waals surface area contributed by atoms with E-state index in [1.807, 2.05) is 0 Å². The van der Waals surface area contributed by atoms with Crippen LogP contribution in [0.4, 0.5) is 34.1 Å². The minimum atomic E-state index is -0.169. The van der Waals surface area contributed by atoms with E-state index in [9.17, 15) is 0 Å². The molecule has 2 aliphatic rings. The molecule has 2 nitrogen and oxygen atoms in total. The topological polar surface area (TPSA) is 6.48 Å². The van der Waals surface area contributed by atoms with Crippen LogP contribution in [-0.2, 0) is 10.8 Å². The van der Waals surface area contributed by atoms with Crippen molar-refractivity contribution < 1.29 is 0 Å². The van der Waals surface area contributed by atoms with Crippen LogP contribution >= 0.6 is 0 Å². The average molecular weight is 645 g/mol. The lowest BCUT2D eigenvalue weighted by Gasteiger charge is -2.43. The van der Waals surface area contributed by atoms with Gasteiger partial charge in [0.15, 0.2) is 0 Å². The molecule has 0 atom stereocenters. The molecule has 0 aromatic heterocycles. The number of benzene rings is 7. The fourth-order valence-electron chi connectivity index (χ4n) is 8.36. The van der Waals surface area contributed by atoms with Crippen LogP contribution < -0.4 is 9.80 Å². The fraction of sp³-hybridized carbons (Fsp3) is 0.125. The van der Waals surface area contributed by atoms with Crippen LogP contribution in [0.15, 0.2) is 170 Å². The Bertz CT molecular complexity index is 2220. The molecule has 0 saturated carbocycles. The number of anilines is 6. The smallest absolute Gasteiger partial charge is 0.0503 e. The van der Waals surface area contributed by atoms with E-state index in [-0.39, 0.29) is 10.8 Å². The second-order valence-electron chi connectivity index (χ2n) is 14.7. The third-order valence-corrected chi connectivity index (χ3v) is 11.0. The summed E-state index contributed by atoms with van der Waals surface area (Å²) in [6.07, 6.45) is 0. The molecule has 2 heteroatoms. The lowest BCUT2D eigenvalue weighted by atomic mass is 9.72. The Balaban J connectivity index is 1.22. The number of hydrogen-bond acceptors (Lipinski definition) is 2. The van der Waals surface area contributed by atoms with E-state index in [4.69, 9.17) is 0 Å². The van der Waals surface area contributed by atoms with Gasteiger partial charge < -0.3 is 9.80 Å². The van der Waals surface area contributed by atoms with E-state index in [1.54, 1.807) is 0 Å². The summed E-state index contributed by atoms with van der Waals surface area (Å²) in [4.78, 5) is 4.93. The van der Waals surface area contributed by atoms with Crippen LogP contribution in [0.3, 0.4) is 0 Å². The molecule has 0 unspecified atom stereocenters. The van der Waals surface area contributed by atoms with Crippen LogP contribution in [0, 0.1) is 0 Å². The minimum absolute atomic E-state index is 0.169. The Morgan fingerprint density at radius 1 is 0.300 bits per heavy atom. The van der Waals surface area contributed by atoms with Gasteiger partial charge in [-0.3, -0.25) is 0 Å². The first-order chi connectivity index (χ1) is 24.3. The SMILES string of the molecule is CC1(C)c2ccccc2N(c2cccc(N3c4ccccc4C(C)(C)c4cc(-c5ccccc5)ccc43)c2)c2ccc(-c3ccccc3)cc21. The van der Waals surface area contributed by atoms with E-state index < -0.39 is 0 Å². The van der Waals surface area contributed by atoms with Gasteiger partial charge in [-0.15, -0.1) is 0 Å². The van der Waals surface area contributed by atoms with E-state index in [2.05, 4.69) is 207 Å². The molecule has 50 heavy (non-hydrogen) atoms. The van der Waals surface area contributed by atoms with E-state index in [1.165, 1.54) is 67.3 Å². The van der Waals surface area contributed by atoms with Gasteiger partial charge in [-0.25, -0.2) is 0 Å². The Kier molecular flexibility index (Phi) is 6.86. The molecule has 0 N–H and O–H groups in total. The Morgan fingerprint density at radius 2 is 0.680 bits per heavy atom. The minimum Gasteiger partial charge on any atom is -0.310 e. The Morgan fingerprint density at radius 3 is 1.12 bits per heavy atom. The molecule has 0 aliphatic carbocycles. The highest BCUT2D eigenvalue weighted by Gasteiger charge is 2.39. The molecule has 0 radical (unpaired) electrons. The van der Waals surface area contributed by atoms with Crippen molar-refractivity contribution in [3.8, 4) is 22.3 Å². The van der Waals surface area contributed by atoms with Crippen LogP contribution in [-0.4, -0.2) is 0 Å². The lowest BCUT2D eigenvalue weighted by Crippen LogP contribution is -2.31. The molecule has 0 bridgehead atoms. The normalized spacial score (nSPS) is 15.0. The summed E-state index contributed by atoms with van der Waals surface area (Å²) in [6.45, 7) is 9.45. The van der Waals surface area contributed by atoms with Crippen LogP contribution in [0.1, 0.15) is 49.9 Å². The largest absolute Gasteiger partial charge is 0.310 e. The predicted molar refractivity (Wildman–Crippen MR) is 211 cm³/mol. The molecular weight excluding hydrogens is 605 g/mol. The third kappa shape index (κ3) is 4.63. The molecule has 7 aromatic carbocycles. The van der Waals surface area contributed by atoms with Gasteiger partial charge in [-0.1, -0.05) is 143 Å². The third-order valence-electron chi connectivity index (χ3n) is 11.0. The van der Waals surface area contributed by atoms with Gasteiger partial charge in [0.1, 0.15) is 0 Å². The Hall–Kier alpha value is -5.86. The highest BCUT2D eigenvalue weighted by Crippen LogP contribution is 2.55. The van der Waals surface area contributed by atoms with Crippen molar-refractivity contribution in [2.24, 2.45) is 0 Å². The van der Waals surface area contributed by atoms with Gasteiger partial charge in [0.05, 0.1) is 22.7 Å². The van der Waals surface area contributed by atoms with E-state index >= 15 is 0 Å². The maximum atomic E-state index is 2.47. The van der Waals surface area contributed by atoms with E-state index in [0.717, 1.165) is 11.4 Å². The number of hydrogen-bond donors (Lipinski definition) is 0. The zero-order valence-electron chi connectivity index (χ0n) is 29.1. The average Bonchev–Trinajstić information content (AvgIpc) is 3.16. The first-order valence-corrected chi connectivity index (χ1v) is 17.6. The number of nitrogens with zero attached hydrogens (tertiary/aromatic N) is 2. The summed E-state index contributed by atoms with van der Waals surface area (Å²) in [5.74, 6) is 0. The summed E-state index contributed by atoms with van der Waals surface area (Å²) in [5, 5.41) is 0. The second-order valence-corrected chi connectivity index (χ2v) is 14.7. The van der Waals surface area contributed by atoms with Gasteiger partial charge in [0, 0.05) is 22.2 Å². The molecule has 7 aromatic rings. The van der Waals surface area contributed by atoms with Gasteiger partial charge in [0.2, 0.25) is 0 Å². The molecule has 0 saturated heterocycles. The summed E-state index contributed by atoms with van der Waals surface area (Å²) in [7, 11) is 0. The summed E-state index contributed by atoms with van der Waals surface area (Å²) < 4.78 is 0. The van der Waals surface area contributed by atoms with Crippen molar-refractivity contribution >= 4 is 34.1 Å². The zero-order valence-corrected chi connectivity index (χ0v) is 29.1. The van der Waals surface area contributed by atoms with Crippen molar-refractivity contribution in [1.82, 2.24) is 0 Å². The second kappa shape index (κ2) is 11.4. The highest BCUT2D eigenvalue weighted by atomic mass is 15.2. The molecule has 0 fully saturated rings. The van der Waals surface area contributed by atoms with Crippen molar-refractivity contribution in [1.29, 1.82) is 0 Å². The highest BCUT2D eigenvalue weighted by molar-refractivity contribution is 5.92. The molecule has 2 heterocycles.